The molecule has 28 heavy (non-hydrogen) atoms. The number of anilines is 1. The van der Waals surface area contributed by atoms with Crippen molar-refractivity contribution in [2.75, 3.05) is 18.4 Å². The molecule has 1 amide bonds. The fourth-order valence-electron chi connectivity index (χ4n) is 3.22. The van der Waals surface area contributed by atoms with Crippen molar-refractivity contribution in [3.05, 3.63) is 58.5 Å². The van der Waals surface area contributed by atoms with E-state index in [2.05, 4.69) is 5.32 Å². The van der Waals surface area contributed by atoms with Gasteiger partial charge in [0.25, 0.3) is 5.56 Å². The lowest BCUT2D eigenvalue weighted by atomic mass is 10.1. The number of hydrogen-bond acceptors (Lipinski definition) is 4. The highest BCUT2D eigenvalue weighted by Gasteiger charge is 2.26. The van der Waals surface area contributed by atoms with Gasteiger partial charge in [-0.1, -0.05) is 25.5 Å². The van der Waals surface area contributed by atoms with Crippen LogP contribution in [0.5, 0.6) is 0 Å². The van der Waals surface area contributed by atoms with Crippen molar-refractivity contribution in [1.82, 2.24) is 8.87 Å². The Balaban J connectivity index is 1.75. The highest BCUT2D eigenvalue weighted by atomic mass is 32.2. The summed E-state index contributed by atoms with van der Waals surface area (Å²) in [6, 6.07) is 9.96. The highest BCUT2D eigenvalue weighted by molar-refractivity contribution is 7.89. The molecule has 150 valence electrons. The van der Waals surface area contributed by atoms with Crippen molar-refractivity contribution in [2.45, 2.75) is 44.0 Å². The predicted molar refractivity (Wildman–Crippen MR) is 108 cm³/mol. The minimum atomic E-state index is -3.66. The number of rotatable bonds is 6. The van der Waals surface area contributed by atoms with E-state index in [0.29, 0.717) is 18.8 Å². The van der Waals surface area contributed by atoms with Gasteiger partial charge in [0.2, 0.25) is 15.9 Å². The number of aryl methyl sites for hydroxylation is 1. The van der Waals surface area contributed by atoms with E-state index >= 15 is 0 Å². The third-order valence-electron chi connectivity index (χ3n) is 4.87. The van der Waals surface area contributed by atoms with E-state index in [0.717, 1.165) is 35.8 Å². The van der Waals surface area contributed by atoms with Gasteiger partial charge in [-0.05, 0) is 43.0 Å². The summed E-state index contributed by atoms with van der Waals surface area (Å²) in [4.78, 5) is 24.5. The molecule has 0 atom stereocenters. The Kier molecular flexibility index (Phi) is 6.31. The van der Waals surface area contributed by atoms with Crippen LogP contribution in [0.1, 0.15) is 31.7 Å². The van der Waals surface area contributed by atoms with Gasteiger partial charge in [-0.25, -0.2) is 8.42 Å². The minimum Gasteiger partial charge on any atom is -0.325 e. The second-order valence-electron chi connectivity index (χ2n) is 6.89. The molecule has 1 fully saturated rings. The molecule has 0 saturated carbocycles. The summed E-state index contributed by atoms with van der Waals surface area (Å²) in [6.45, 7) is 2.76. The Morgan fingerprint density at radius 1 is 1.04 bits per heavy atom. The number of carbonyl (C=O) groups excluding carboxylic acids is 1. The molecule has 1 saturated heterocycles. The van der Waals surface area contributed by atoms with E-state index in [4.69, 9.17) is 0 Å². The van der Waals surface area contributed by atoms with Crippen LogP contribution in [-0.4, -0.2) is 36.3 Å². The Hall–Kier alpha value is -2.45. The molecule has 2 aromatic rings. The zero-order valence-electron chi connectivity index (χ0n) is 15.9. The molecule has 1 aromatic carbocycles. The summed E-state index contributed by atoms with van der Waals surface area (Å²) in [6.07, 6.45) is 4.84. The van der Waals surface area contributed by atoms with E-state index in [1.54, 1.807) is 12.1 Å². The Bertz CT molecular complexity index is 991. The largest absolute Gasteiger partial charge is 0.325 e. The van der Waals surface area contributed by atoms with E-state index in [9.17, 15) is 18.0 Å². The molecule has 0 aliphatic carbocycles. The maximum atomic E-state index is 12.8. The Labute approximate surface area is 165 Å². The molecule has 1 aliphatic rings. The number of nitrogens with zero attached hydrogens (tertiary/aromatic N) is 2. The maximum Gasteiger partial charge on any atom is 0.251 e. The highest BCUT2D eigenvalue weighted by Crippen LogP contribution is 2.19. The molecular weight excluding hydrogens is 378 g/mol. The van der Waals surface area contributed by atoms with Gasteiger partial charge in [0, 0.05) is 31.0 Å². The molecule has 1 aliphatic heterocycles. The lowest BCUT2D eigenvalue weighted by Crippen LogP contribution is -2.36. The number of nitrogens with one attached hydrogen (secondary N) is 1. The average molecular weight is 404 g/mol. The van der Waals surface area contributed by atoms with Gasteiger partial charge in [-0.3, -0.25) is 9.59 Å². The van der Waals surface area contributed by atoms with Crippen LogP contribution in [0, 0.1) is 0 Å². The number of amides is 1. The summed E-state index contributed by atoms with van der Waals surface area (Å²) in [5.41, 5.74) is 1.37. The average Bonchev–Trinajstić information content (AvgIpc) is 2.70. The minimum absolute atomic E-state index is 0.0362. The summed E-state index contributed by atoms with van der Waals surface area (Å²) < 4.78 is 28.2. The fraction of sp³-hybridized carbons (Fsp3) is 0.400. The van der Waals surface area contributed by atoms with Gasteiger partial charge < -0.3 is 9.88 Å². The quantitative estimate of drug-likeness (QED) is 0.801. The first-order chi connectivity index (χ1) is 13.4. The number of benzene rings is 1. The first kappa shape index (κ1) is 20.3. The standard InChI is InChI=1S/C20H25N3O4S/c1-2-16-6-8-17(9-7-16)21-19(24)15-22-14-18(10-11-20(22)25)28(26,27)23-12-4-3-5-13-23/h6-11,14H,2-5,12-13,15H2,1H3,(H,21,24). The van der Waals surface area contributed by atoms with Crippen molar-refractivity contribution >= 4 is 21.6 Å². The zero-order valence-corrected chi connectivity index (χ0v) is 16.7. The first-order valence-corrected chi connectivity index (χ1v) is 10.9. The van der Waals surface area contributed by atoms with Gasteiger partial charge in [-0.15, -0.1) is 0 Å². The van der Waals surface area contributed by atoms with Crippen LogP contribution in [0.15, 0.2) is 52.3 Å². The van der Waals surface area contributed by atoms with E-state index in [1.165, 1.54) is 22.6 Å². The van der Waals surface area contributed by atoms with E-state index in [1.807, 2.05) is 19.1 Å². The Morgan fingerprint density at radius 2 is 1.71 bits per heavy atom. The number of sulfonamides is 1. The molecule has 0 spiro atoms. The first-order valence-electron chi connectivity index (χ1n) is 9.49. The van der Waals surface area contributed by atoms with Crippen LogP contribution in [0.4, 0.5) is 5.69 Å². The van der Waals surface area contributed by atoms with Crippen molar-refractivity contribution < 1.29 is 13.2 Å². The second kappa shape index (κ2) is 8.70. The summed E-state index contributed by atoms with van der Waals surface area (Å²) in [5, 5.41) is 2.73. The third-order valence-corrected chi connectivity index (χ3v) is 6.75. The van der Waals surface area contributed by atoms with Gasteiger partial charge in [-0.2, -0.15) is 4.31 Å². The summed E-state index contributed by atoms with van der Waals surface area (Å²) >= 11 is 0. The normalized spacial score (nSPS) is 15.3. The molecule has 2 heterocycles. The van der Waals surface area contributed by atoms with Crippen molar-refractivity contribution in [3.8, 4) is 0 Å². The number of carbonyl (C=O) groups is 1. The molecule has 1 aromatic heterocycles. The van der Waals surface area contributed by atoms with Crippen LogP contribution >= 0.6 is 0 Å². The number of aromatic nitrogens is 1. The third kappa shape index (κ3) is 4.69. The monoisotopic (exact) mass is 403 g/mol. The molecule has 7 nitrogen and oxygen atoms in total. The lowest BCUT2D eigenvalue weighted by molar-refractivity contribution is -0.116. The lowest BCUT2D eigenvalue weighted by Gasteiger charge is -2.26. The SMILES string of the molecule is CCc1ccc(NC(=O)Cn2cc(S(=O)(=O)N3CCCCC3)ccc2=O)cc1. The number of pyridine rings is 1. The van der Waals surface area contributed by atoms with Crippen LogP contribution in [0.2, 0.25) is 0 Å². The summed E-state index contributed by atoms with van der Waals surface area (Å²) in [7, 11) is -3.66. The van der Waals surface area contributed by atoms with Crippen LogP contribution < -0.4 is 10.9 Å². The molecule has 8 heteroatoms. The zero-order chi connectivity index (χ0) is 20.1. The van der Waals surface area contributed by atoms with Gasteiger partial charge >= 0.3 is 0 Å². The van der Waals surface area contributed by atoms with Crippen LogP contribution in [-0.2, 0) is 27.8 Å². The molecule has 1 N–H and O–H groups in total. The van der Waals surface area contributed by atoms with Gasteiger partial charge in [0.15, 0.2) is 0 Å². The number of hydrogen-bond donors (Lipinski definition) is 1. The van der Waals surface area contributed by atoms with E-state index in [-0.39, 0.29) is 17.3 Å². The van der Waals surface area contributed by atoms with Crippen LogP contribution in [0.3, 0.4) is 0 Å². The predicted octanol–water partition coefficient (Wildman–Crippen LogP) is 2.22. The van der Waals surface area contributed by atoms with Gasteiger partial charge in [0.05, 0.1) is 4.90 Å². The smallest absolute Gasteiger partial charge is 0.251 e. The molecular formula is C20H25N3O4S. The van der Waals surface area contributed by atoms with Crippen molar-refractivity contribution in [1.29, 1.82) is 0 Å². The molecule has 0 unspecified atom stereocenters. The maximum absolute atomic E-state index is 12.8. The van der Waals surface area contributed by atoms with E-state index < -0.39 is 15.6 Å². The molecule has 0 radical (unpaired) electrons. The van der Waals surface area contributed by atoms with Crippen molar-refractivity contribution in [3.63, 3.8) is 0 Å². The van der Waals surface area contributed by atoms with Crippen molar-refractivity contribution in [2.24, 2.45) is 0 Å². The molecule has 0 bridgehead atoms. The Morgan fingerprint density at radius 3 is 2.36 bits per heavy atom. The molecule has 3 rings (SSSR count). The second-order valence-corrected chi connectivity index (χ2v) is 8.83. The van der Waals surface area contributed by atoms with Crippen LogP contribution in [0.25, 0.3) is 0 Å². The van der Waals surface area contributed by atoms with Gasteiger partial charge in [0.1, 0.15) is 6.54 Å². The fourth-order valence-corrected chi connectivity index (χ4v) is 4.76. The summed E-state index contributed by atoms with van der Waals surface area (Å²) in [5.74, 6) is -0.390. The topological polar surface area (TPSA) is 88.5 Å². The number of piperidine rings is 1.